The Labute approximate surface area is 153 Å². The lowest BCUT2D eigenvalue weighted by atomic mass is 10.1. The highest BCUT2D eigenvalue weighted by molar-refractivity contribution is 5.69. The minimum Gasteiger partial charge on any atom is -0.444 e. The largest absolute Gasteiger partial charge is 0.444 e. The Balaban J connectivity index is 1.60. The summed E-state index contributed by atoms with van der Waals surface area (Å²) in [7, 11) is 0. The first-order chi connectivity index (χ1) is 12.3. The lowest BCUT2D eigenvalue weighted by Crippen LogP contribution is -2.50. The van der Waals surface area contributed by atoms with E-state index in [0.717, 1.165) is 30.0 Å². The number of hydrogen-bond acceptors (Lipinski definition) is 6. The molecule has 0 spiro atoms. The van der Waals surface area contributed by atoms with E-state index >= 15 is 0 Å². The average molecular weight is 355 g/mol. The Kier molecular flexibility index (Phi) is 4.97. The molecule has 3 rings (SSSR count). The van der Waals surface area contributed by atoms with Crippen molar-refractivity contribution in [2.24, 2.45) is 0 Å². The highest BCUT2D eigenvalue weighted by atomic mass is 16.6. The summed E-state index contributed by atoms with van der Waals surface area (Å²) in [5.74, 6) is 0.268. The summed E-state index contributed by atoms with van der Waals surface area (Å²) in [6, 6.07) is 10.0. The summed E-state index contributed by atoms with van der Waals surface area (Å²) >= 11 is 0. The molecule has 2 aromatic rings. The fraction of sp³-hybridized carbons (Fsp3) is 0.421. The second-order valence-corrected chi connectivity index (χ2v) is 7.30. The highest BCUT2D eigenvalue weighted by Crippen LogP contribution is 2.23. The molecule has 0 bridgehead atoms. The second kappa shape index (κ2) is 7.19. The van der Waals surface area contributed by atoms with Crippen LogP contribution in [0, 0.1) is 0 Å². The number of hydrogen-bond donors (Lipinski definition) is 1. The van der Waals surface area contributed by atoms with Crippen LogP contribution in [-0.4, -0.2) is 52.7 Å². The van der Waals surface area contributed by atoms with E-state index < -0.39 is 5.60 Å². The van der Waals surface area contributed by atoms with Crippen molar-refractivity contribution in [3.05, 3.63) is 36.5 Å². The van der Waals surface area contributed by atoms with E-state index in [1.807, 2.05) is 39.0 Å². The average Bonchev–Trinajstić information content (AvgIpc) is 2.61. The standard InChI is InChI=1S/C19H25N5O2/c1-19(2,3)26-18(25)24-12-10-23(11-13-24)15-6-4-14(5-7-15)16-8-9-21-17(20)22-16/h4-9H,10-13H2,1-3H3,(H2,20,21,22). The Bertz CT molecular complexity index is 762. The zero-order chi connectivity index (χ0) is 18.7. The SMILES string of the molecule is CC(C)(C)OC(=O)N1CCN(c2ccc(-c3ccnc(N)n3)cc2)CC1. The molecule has 7 heteroatoms. The molecular weight excluding hydrogens is 330 g/mol. The van der Waals surface area contributed by atoms with Crippen molar-refractivity contribution in [1.29, 1.82) is 0 Å². The number of benzene rings is 1. The van der Waals surface area contributed by atoms with E-state index in [4.69, 9.17) is 10.5 Å². The van der Waals surface area contributed by atoms with Gasteiger partial charge in [-0.05, 0) is 39.0 Å². The number of nitrogens with two attached hydrogens (primary N) is 1. The third-order valence-corrected chi connectivity index (χ3v) is 4.13. The lowest BCUT2D eigenvalue weighted by molar-refractivity contribution is 0.0240. The molecule has 1 aromatic heterocycles. The van der Waals surface area contributed by atoms with Crippen LogP contribution in [0.15, 0.2) is 36.5 Å². The van der Waals surface area contributed by atoms with Crippen LogP contribution < -0.4 is 10.6 Å². The monoisotopic (exact) mass is 355 g/mol. The Hall–Kier alpha value is -2.83. The molecule has 26 heavy (non-hydrogen) atoms. The van der Waals surface area contributed by atoms with Crippen LogP contribution in [0.2, 0.25) is 0 Å². The topological polar surface area (TPSA) is 84.6 Å². The molecule has 1 amide bonds. The van der Waals surface area contributed by atoms with Gasteiger partial charge in [0, 0.05) is 43.6 Å². The first-order valence-electron chi connectivity index (χ1n) is 8.74. The maximum Gasteiger partial charge on any atom is 0.410 e. The van der Waals surface area contributed by atoms with E-state index in [2.05, 4.69) is 27.0 Å². The van der Waals surface area contributed by atoms with Crippen LogP contribution in [-0.2, 0) is 4.74 Å². The van der Waals surface area contributed by atoms with Gasteiger partial charge in [0.15, 0.2) is 0 Å². The van der Waals surface area contributed by atoms with Crippen LogP contribution >= 0.6 is 0 Å². The summed E-state index contributed by atoms with van der Waals surface area (Å²) in [5.41, 5.74) is 8.11. The molecule has 2 heterocycles. The van der Waals surface area contributed by atoms with E-state index in [1.54, 1.807) is 11.1 Å². The lowest BCUT2D eigenvalue weighted by Gasteiger charge is -2.36. The van der Waals surface area contributed by atoms with Crippen molar-refractivity contribution in [3.63, 3.8) is 0 Å². The van der Waals surface area contributed by atoms with Gasteiger partial charge >= 0.3 is 6.09 Å². The van der Waals surface area contributed by atoms with Gasteiger partial charge in [-0.3, -0.25) is 0 Å². The van der Waals surface area contributed by atoms with Crippen LogP contribution in [0.5, 0.6) is 0 Å². The molecule has 1 saturated heterocycles. The third kappa shape index (κ3) is 4.41. The van der Waals surface area contributed by atoms with Gasteiger partial charge in [0.1, 0.15) is 5.60 Å². The third-order valence-electron chi connectivity index (χ3n) is 4.13. The van der Waals surface area contributed by atoms with Gasteiger partial charge in [0.2, 0.25) is 5.95 Å². The molecule has 138 valence electrons. The van der Waals surface area contributed by atoms with Crippen LogP contribution in [0.1, 0.15) is 20.8 Å². The van der Waals surface area contributed by atoms with E-state index in [1.165, 1.54) is 0 Å². The van der Waals surface area contributed by atoms with Gasteiger partial charge in [0.05, 0.1) is 5.69 Å². The van der Waals surface area contributed by atoms with Crippen LogP contribution in [0.4, 0.5) is 16.4 Å². The van der Waals surface area contributed by atoms with Crippen LogP contribution in [0.25, 0.3) is 11.3 Å². The fourth-order valence-corrected chi connectivity index (χ4v) is 2.85. The normalized spacial score (nSPS) is 15.0. The predicted molar refractivity (Wildman–Crippen MR) is 102 cm³/mol. The summed E-state index contributed by atoms with van der Waals surface area (Å²) in [5, 5.41) is 0. The highest BCUT2D eigenvalue weighted by Gasteiger charge is 2.25. The van der Waals surface area contributed by atoms with Crippen molar-refractivity contribution in [3.8, 4) is 11.3 Å². The first-order valence-corrected chi connectivity index (χ1v) is 8.74. The van der Waals surface area contributed by atoms with E-state index in [-0.39, 0.29) is 12.0 Å². The maximum atomic E-state index is 12.1. The Morgan fingerprint density at radius 2 is 1.73 bits per heavy atom. The number of nitrogen functional groups attached to an aromatic ring is 1. The minimum atomic E-state index is -0.464. The quantitative estimate of drug-likeness (QED) is 0.892. The molecule has 1 aliphatic heterocycles. The molecule has 1 aromatic carbocycles. The molecule has 7 nitrogen and oxygen atoms in total. The van der Waals surface area contributed by atoms with Crippen molar-refractivity contribution >= 4 is 17.7 Å². The van der Waals surface area contributed by atoms with Gasteiger partial charge in [-0.1, -0.05) is 12.1 Å². The number of anilines is 2. The van der Waals surface area contributed by atoms with Crippen LogP contribution in [0.3, 0.4) is 0 Å². The van der Waals surface area contributed by atoms with Gasteiger partial charge in [-0.2, -0.15) is 0 Å². The number of nitrogens with zero attached hydrogens (tertiary/aromatic N) is 4. The number of aromatic nitrogens is 2. The minimum absolute atomic E-state index is 0.242. The van der Waals surface area contributed by atoms with Gasteiger partial charge in [-0.15, -0.1) is 0 Å². The maximum absolute atomic E-state index is 12.1. The smallest absolute Gasteiger partial charge is 0.410 e. The molecule has 1 fully saturated rings. The summed E-state index contributed by atoms with van der Waals surface area (Å²) in [6.07, 6.45) is 1.41. The van der Waals surface area contributed by atoms with Crippen molar-refractivity contribution < 1.29 is 9.53 Å². The summed E-state index contributed by atoms with van der Waals surface area (Å²) in [4.78, 5) is 24.3. The van der Waals surface area contributed by atoms with Gasteiger partial charge < -0.3 is 20.3 Å². The zero-order valence-electron chi connectivity index (χ0n) is 15.5. The molecule has 0 saturated carbocycles. The molecule has 2 N–H and O–H groups in total. The molecule has 1 aliphatic rings. The van der Waals surface area contributed by atoms with E-state index in [9.17, 15) is 4.79 Å². The summed E-state index contributed by atoms with van der Waals surface area (Å²) < 4.78 is 5.44. The second-order valence-electron chi connectivity index (χ2n) is 7.30. The molecular formula is C19H25N5O2. The molecule has 0 unspecified atom stereocenters. The van der Waals surface area contributed by atoms with E-state index in [0.29, 0.717) is 13.1 Å². The first kappa shape index (κ1) is 18.0. The number of piperazine rings is 1. The van der Waals surface area contributed by atoms with Gasteiger partial charge in [0.25, 0.3) is 0 Å². The Morgan fingerprint density at radius 3 is 2.31 bits per heavy atom. The molecule has 0 atom stereocenters. The van der Waals surface area contributed by atoms with Crippen molar-refractivity contribution in [1.82, 2.24) is 14.9 Å². The summed E-state index contributed by atoms with van der Waals surface area (Å²) in [6.45, 7) is 8.51. The number of carbonyl (C=O) groups excluding carboxylic acids is 1. The number of amides is 1. The number of rotatable bonds is 2. The number of carbonyl (C=O) groups is 1. The Morgan fingerprint density at radius 1 is 1.08 bits per heavy atom. The van der Waals surface area contributed by atoms with Gasteiger partial charge in [-0.25, -0.2) is 14.8 Å². The van der Waals surface area contributed by atoms with Crippen molar-refractivity contribution in [2.75, 3.05) is 36.8 Å². The number of ether oxygens (including phenoxy) is 1. The molecule has 0 aliphatic carbocycles. The predicted octanol–water partition coefficient (Wildman–Crippen LogP) is 2.78. The zero-order valence-corrected chi connectivity index (χ0v) is 15.5. The molecule has 0 radical (unpaired) electrons. The fourth-order valence-electron chi connectivity index (χ4n) is 2.85. The van der Waals surface area contributed by atoms with Crippen molar-refractivity contribution in [2.45, 2.75) is 26.4 Å².